The third kappa shape index (κ3) is 4.22. The van der Waals surface area contributed by atoms with Crippen molar-refractivity contribution in [1.29, 1.82) is 0 Å². The van der Waals surface area contributed by atoms with Gasteiger partial charge in [-0.15, -0.1) is 10.2 Å². The molecular formula is C13H19N3O4S2. The first kappa shape index (κ1) is 15.8. The molecule has 7 nitrogen and oxygen atoms in total. The zero-order valence-corrected chi connectivity index (χ0v) is 14.0. The van der Waals surface area contributed by atoms with Gasteiger partial charge in [-0.25, -0.2) is 8.42 Å². The second-order valence-corrected chi connectivity index (χ2v) is 9.50. The standard InChI is InChI=1S/C13H19N3O4S2/c1-8(12(17)14-10-2-3-10)21-13-16-15-11(20-13)6-9-4-5-22(18,19)7-9/h8-10H,2-7H2,1H3,(H,14,17)/t8-,9+/m1/s1. The van der Waals surface area contributed by atoms with Crippen molar-refractivity contribution in [2.75, 3.05) is 11.5 Å². The van der Waals surface area contributed by atoms with Crippen LogP contribution in [0.5, 0.6) is 0 Å². The van der Waals surface area contributed by atoms with E-state index in [0.29, 0.717) is 30.0 Å². The average molecular weight is 345 g/mol. The average Bonchev–Trinajstić information content (AvgIpc) is 3.04. The lowest BCUT2D eigenvalue weighted by molar-refractivity contribution is -0.120. The Morgan fingerprint density at radius 1 is 1.41 bits per heavy atom. The number of hydrogen-bond donors (Lipinski definition) is 1. The number of rotatable bonds is 6. The van der Waals surface area contributed by atoms with E-state index in [-0.39, 0.29) is 28.6 Å². The predicted octanol–water partition coefficient (Wildman–Crippen LogP) is 0.806. The number of nitrogens with one attached hydrogen (secondary N) is 1. The van der Waals surface area contributed by atoms with Crippen molar-refractivity contribution in [2.24, 2.45) is 5.92 Å². The first-order chi connectivity index (χ1) is 10.4. The van der Waals surface area contributed by atoms with Crippen LogP contribution >= 0.6 is 11.8 Å². The summed E-state index contributed by atoms with van der Waals surface area (Å²) in [4.78, 5) is 11.9. The molecule has 2 aliphatic rings. The molecule has 9 heteroatoms. The van der Waals surface area contributed by atoms with E-state index in [1.807, 2.05) is 0 Å². The minimum Gasteiger partial charge on any atom is -0.416 e. The molecule has 1 aliphatic heterocycles. The maximum absolute atomic E-state index is 11.9. The highest BCUT2D eigenvalue weighted by atomic mass is 32.2. The lowest BCUT2D eigenvalue weighted by atomic mass is 10.1. The molecule has 3 rings (SSSR count). The Labute approximate surface area is 133 Å². The first-order valence-electron chi connectivity index (χ1n) is 7.41. The Morgan fingerprint density at radius 3 is 2.82 bits per heavy atom. The van der Waals surface area contributed by atoms with E-state index in [9.17, 15) is 13.2 Å². The smallest absolute Gasteiger partial charge is 0.277 e. The van der Waals surface area contributed by atoms with Gasteiger partial charge in [0, 0.05) is 12.5 Å². The summed E-state index contributed by atoms with van der Waals surface area (Å²) < 4.78 is 28.4. The fraction of sp³-hybridized carbons (Fsp3) is 0.769. The van der Waals surface area contributed by atoms with E-state index in [1.165, 1.54) is 11.8 Å². The molecule has 1 aromatic heterocycles. The van der Waals surface area contributed by atoms with Crippen LogP contribution in [0.15, 0.2) is 9.64 Å². The molecule has 1 saturated carbocycles. The number of amides is 1. The van der Waals surface area contributed by atoms with Crippen LogP contribution in [0.4, 0.5) is 0 Å². The van der Waals surface area contributed by atoms with Crippen molar-refractivity contribution in [2.45, 2.75) is 49.1 Å². The SMILES string of the molecule is C[C@@H](Sc1nnc(C[C@@H]2CCS(=O)(=O)C2)o1)C(=O)NC1CC1. The van der Waals surface area contributed by atoms with Gasteiger partial charge < -0.3 is 9.73 Å². The molecule has 0 unspecified atom stereocenters. The van der Waals surface area contributed by atoms with Gasteiger partial charge in [0.1, 0.15) is 0 Å². The molecular weight excluding hydrogens is 326 g/mol. The Morgan fingerprint density at radius 2 is 2.18 bits per heavy atom. The van der Waals surface area contributed by atoms with Gasteiger partial charge in [-0.05, 0) is 32.1 Å². The number of thioether (sulfide) groups is 1. The monoisotopic (exact) mass is 345 g/mol. The van der Waals surface area contributed by atoms with E-state index < -0.39 is 9.84 Å². The lowest BCUT2D eigenvalue weighted by Crippen LogP contribution is -2.32. The molecule has 0 aromatic carbocycles. The molecule has 0 bridgehead atoms. The minimum atomic E-state index is -2.89. The molecule has 0 spiro atoms. The topological polar surface area (TPSA) is 102 Å². The maximum Gasteiger partial charge on any atom is 0.277 e. The molecule has 1 N–H and O–H groups in total. The predicted molar refractivity (Wildman–Crippen MR) is 81.2 cm³/mol. The van der Waals surface area contributed by atoms with Gasteiger partial charge in [0.15, 0.2) is 9.84 Å². The first-order valence-corrected chi connectivity index (χ1v) is 10.1. The Kier molecular flexibility index (Phi) is 4.44. The van der Waals surface area contributed by atoms with Gasteiger partial charge in [0.25, 0.3) is 5.22 Å². The molecule has 1 saturated heterocycles. The summed E-state index contributed by atoms with van der Waals surface area (Å²) >= 11 is 1.23. The molecule has 2 heterocycles. The fourth-order valence-electron chi connectivity index (χ4n) is 2.40. The zero-order chi connectivity index (χ0) is 15.7. The second kappa shape index (κ2) is 6.19. The quantitative estimate of drug-likeness (QED) is 0.761. The summed E-state index contributed by atoms with van der Waals surface area (Å²) in [5.41, 5.74) is 0. The van der Waals surface area contributed by atoms with Crippen LogP contribution in [0.1, 0.15) is 32.1 Å². The molecule has 0 radical (unpaired) electrons. The van der Waals surface area contributed by atoms with Crippen LogP contribution in [0, 0.1) is 5.92 Å². The third-order valence-electron chi connectivity index (χ3n) is 3.81. The number of sulfone groups is 1. The van der Waals surface area contributed by atoms with Crippen molar-refractivity contribution < 1.29 is 17.6 Å². The zero-order valence-electron chi connectivity index (χ0n) is 12.3. The van der Waals surface area contributed by atoms with Gasteiger partial charge in [-0.2, -0.15) is 0 Å². The summed E-state index contributed by atoms with van der Waals surface area (Å²) in [6.07, 6.45) is 3.24. The second-order valence-electron chi connectivity index (χ2n) is 5.98. The van der Waals surface area contributed by atoms with Crippen molar-refractivity contribution in [1.82, 2.24) is 15.5 Å². The molecule has 1 aromatic rings. The van der Waals surface area contributed by atoms with Crippen LogP contribution < -0.4 is 5.32 Å². The van der Waals surface area contributed by atoms with Crippen molar-refractivity contribution >= 4 is 27.5 Å². The van der Waals surface area contributed by atoms with Crippen molar-refractivity contribution in [3.8, 4) is 0 Å². The number of nitrogens with zero attached hydrogens (tertiary/aromatic N) is 2. The molecule has 2 fully saturated rings. The molecule has 1 aliphatic carbocycles. The van der Waals surface area contributed by atoms with Crippen molar-refractivity contribution in [3.05, 3.63) is 5.89 Å². The largest absolute Gasteiger partial charge is 0.416 e. The maximum atomic E-state index is 11.9. The van der Waals surface area contributed by atoms with Gasteiger partial charge in [0.2, 0.25) is 11.8 Å². The summed E-state index contributed by atoms with van der Waals surface area (Å²) in [6.45, 7) is 1.80. The third-order valence-corrected chi connectivity index (χ3v) is 6.58. The highest BCUT2D eigenvalue weighted by Crippen LogP contribution is 2.26. The van der Waals surface area contributed by atoms with Gasteiger partial charge >= 0.3 is 0 Å². The summed E-state index contributed by atoms with van der Waals surface area (Å²) in [5.74, 6) is 0.913. The van der Waals surface area contributed by atoms with Crippen LogP contribution in [0.3, 0.4) is 0 Å². The Balaban J connectivity index is 1.51. The van der Waals surface area contributed by atoms with E-state index in [4.69, 9.17) is 4.42 Å². The van der Waals surface area contributed by atoms with Gasteiger partial charge in [0.05, 0.1) is 16.8 Å². The van der Waals surface area contributed by atoms with Gasteiger partial charge in [-0.1, -0.05) is 11.8 Å². The van der Waals surface area contributed by atoms with Crippen LogP contribution in [-0.4, -0.2) is 47.3 Å². The lowest BCUT2D eigenvalue weighted by Gasteiger charge is -2.08. The highest BCUT2D eigenvalue weighted by molar-refractivity contribution is 8.00. The van der Waals surface area contributed by atoms with Gasteiger partial charge in [-0.3, -0.25) is 4.79 Å². The van der Waals surface area contributed by atoms with Crippen LogP contribution in [0.25, 0.3) is 0 Å². The molecule has 2 atom stereocenters. The van der Waals surface area contributed by atoms with E-state index in [0.717, 1.165) is 12.8 Å². The fourth-order valence-corrected chi connectivity index (χ4v) is 4.97. The Hall–Kier alpha value is -1.09. The minimum absolute atomic E-state index is 0.0193. The molecule has 22 heavy (non-hydrogen) atoms. The van der Waals surface area contributed by atoms with Crippen LogP contribution in [0.2, 0.25) is 0 Å². The van der Waals surface area contributed by atoms with E-state index in [2.05, 4.69) is 15.5 Å². The number of carbonyl (C=O) groups is 1. The molecule has 1 amide bonds. The van der Waals surface area contributed by atoms with Crippen LogP contribution in [-0.2, 0) is 21.1 Å². The van der Waals surface area contributed by atoms with Crippen molar-refractivity contribution in [3.63, 3.8) is 0 Å². The number of aromatic nitrogens is 2. The summed E-state index contributed by atoms with van der Waals surface area (Å²) in [5, 5.41) is 10.9. The normalized spacial score (nSPS) is 25.0. The number of hydrogen-bond acceptors (Lipinski definition) is 7. The van der Waals surface area contributed by atoms with E-state index in [1.54, 1.807) is 6.92 Å². The summed E-state index contributed by atoms with van der Waals surface area (Å²) in [6, 6.07) is 0.332. The van der Waals surface area contributed by atoms with E-state index >= 15 is 0 Å². The highest BCUT2D eigenvalue weighted by Gasteiger charge is 2.30. The number of carbonyl (C=O) groups excluding carboxylic acids is 1. The molecule has 122 valence electrons. The summed E-state index contributed by atoms with van der Waals surface area (Å²) in [7, 11) is -2.89. The Bertz CT molecular complexity index is 654.